The van der Waals surface area contributed by atoms with Crippen molar-refractivity contribution in [3.05, 3.63) is 77.3 Å². The lowest BCUT2D eigenvalue weighted by molar-refractivity contribution is 0.392. The SMILES string of the molecule is C.C.CC(C)(C)c1ccnc(F)c1.Cc1ccc(C(C)(C)C)cn1.Cc1coc(C(C)(C)C)n1. The highest BCUT2D eigenvalue weighted by atomic mass is 19.1. The van der Waals surface area contributed by atoms with Crippen LogP contribution in [0.2, 0.25) is 0 Å². The van der Waals surface area contributed by atoms with Gasteiger partial charge in [-0.25, -0.2) is 9.97 Å². The minimum Gasteiger partial charge on any atom is -0.448 e. The molecule has 0 aliphatic rings. The van der Waals surface area contributed by atoms with Crippen molar-refractivity contribution in [2.24, 2.45) is 0 Å². The van der Waals surface area contributed by atoms with Crippen LogP contribution in [0.25, 0.3) is 0 Å². The van der Waals surface area contributed by atoms with Gasteiger partial charge in [-0.2, -0.15) is 4.39 Å². The lowest BCUT2D eigenvalue weighted by Gasteiger charge is -2.17. The first-order valence-electron chi connectivity index (χ1n) is 11.0. The lowest BCUT2D eigenvalue weighted by Crippen LogP contribution is -2.11. The van der Waals surface area contributed by atoms with E-state index in [9.17, 15) is 4.39 Å². The minimum atomic E-state index is -0.405. The maximum atomic E-state index is 12.6. The second-order valence-corrected chi connectivity index (χ2v) is 11.1. The number of aromatic nitrogens is 3. The van der Waals surface area contributed by atoms with E-state index in [4.69, 9.17) is 4.42 Å². The molecule has 3 rings (SSSR count). The molecule has 0 radical (unpaired) electrons. The van der Waals surface area contributed by atoms with Crippen LogP contribution in [0.4, 0.5) is 4.39 Å². The van der Waals surface area contributed by atoms with Crippen LogP contribution in [-0.2, 0) is 16.2 Å². The standard InChI is InChI=1S/C10H15N.C9H12FN.C8H13NO.2CH4/c1-8-5-6-9(7-11-8)10(2,3)4;1-9(2,3)7-4-5-11-8(10)6-7;1-6-5-10-7(9-6)8(2,3)4;;/h5-7H,1-4H3;4-6H,1-3H3;5H,1-4H3;2*1H4. The van der Waals surface area contributed by atoms with E-state index >= 15 is 0 Å². The molecule has 3 heterocycles. The van der Waals surface area contributed by atoms with Crippen LogP contribution in [0.15, 0.2) is 47.3 Å². The molecule has 0 N–H and O–H groups in total. The zero-order chi connectivity index (χ0) is 24.7. The normalized spacial score (nSPS) is 11.1. The zero-order valence-electron chi connectivity index (χ0n) is 21.7. The van der Waals surface area contributed by atoms with Gasteiger partial charge in [0.05, 0.1) is 5.69 Å². The molecule has 0 atom stereocenters. The van der Waals surface area contributed by atoms with Crippen molar-refractivity contribution < 1.29 is 8.81 Å². The van der Waals surface area contributed by atoms with Crippen molar-refractivity contribution in [3.63, 3.8) is 0 Å². The summed E-state index contributed by atoms with van der Waals surface area (Å²) >= 11 is 0. The smallest absolute Gasteiger partial charge is 0.213 e. The molecule has 34 heavy (non-hydrogen) atoms. The van der Waals surface area contributed by atoms with E-state index in [0.29, 0.717) is 0 Å². The fraction of sp³-hybridized carbons (Fsp3) is 0.552. The Bertz CT molecular complexity index is 957. The van der Waals surface area contributed by atoms with Gasteiger partial charge < -0.3 is 4.42 Å². The number of aryl methyl sites for hydroxylation is 2. The summed E-state index contributed by atoms with van der Waals surface area (Å²) in [6, 6.07) is 7.51. The fourth-order valence-corrected chi connectivity index (χ4v) is 2.48. The number of hydrogen-bond acceptors (Lipinski definition) is 4. The monoisotopic (exact) mass is 473 g/mol. The third-order valence-corrected chi connectivity index (χ3v) is 4.63. The first-order chi connectivity index (χ1) is 14.5. The van der Waals surface area contributed by atoms with E-state index < -0.39 is 5.95 Å². The Balaban J connectivity index is 0. The highest BCUT2D eigenvalue weighted by Gasteiger charge is 2.19. The van der Waals surface area contributed by atoms with Crippen LogP contribution in [0.1, 0.15) is 106 Å². The molecule has 0 amide bonds. The van der Waals surface area contributed by atoms with Gasteiger partial charge in [0.25, 0.3) is 0 Å². The van der Waals surface area contributed by atoms with E-state index in [-0.39, 0.29) is 31.1 Å². The third-order valence-electron chi connectivity index (χ3n) is 4.63. The molecule has 3 aromatic rings. The van der Waals surface area contributed by atoms with Gasteiger partial charge in [-0.05, 0) is 54.0 Å². The summed E-state index contributed by atoms with van der Waals surface area (Å²) < 4.78 is 17.8. The van der Waals surface area contributed by atoms with Gasteiger partial charge in [0.15, 0.2) is 5.89 Å². The van der Waals surface area contributed by atoms with Crippen molar-refractivity contribution in [3.8, 4) is 0 Å². The Morgan fingerprint density at radius 3 is 1.56 bits per heavy atom. The zero-order valence-corrected chi connectivity index (χ0v) is 21.7. The van der Waals surface area contributed by atoms with Gasteiger partial charge in [0, 0.05) is 23.5 Å². The quantitative estimate of drug-likeness (QED) is 0.306. The van der Waals surface area contributed by atoms with Crippen LogP contribution >= 0.6 is 0 Å². The summed E-state index contributed by atoms with van der Waals surface area (Å²) in [5.41, 5.74) is 4.56. The number of nitrogens with zero attached hydrogens (tertiary/aromatic N) is 3. The number of oxazole rings is 1. The van der Waals surface area contributed by atoms with Crippen molar-refractivity contribution in [2.45, 2.75) is 107 Å². The minimum absolute atomic E-state index is 0. The molecule has 192 valence electrons. The molecule has 0 saturated carbocycles. The van der Waals surface area contributed by atoms with Gasteiger partial charge in [0.1, 0.15) is 6.26 Å². The summed E-state index contributed by atoms with van der Waals surface area (Å²) in [6.07, 6.45) is 5.13. The molecule has 0 aromatic carbocycles. The molecule has 0 unspecified atom stereocenters. The Morgan fingerprint density at radius 1 is 0.706 bits per heavy atom. The van der Waals surface area contributed by atoms with Gasteiger partial charge in [-0.3, -0.25) is 4.98 Å². The van der Waals surface area contributed by atoms with Crippen molar-refractivity contribution in [1.29, 1.82) is 0 Å². The number of halogens is 1. The average Bonchev–Trinajstić information content (AvgIpc) is 3.09. The number of pyridine rings is 2. The first-order valence-corrected chi connectivity index (χ1v) is 11.0. The largest absolute Gasteiger partial charge is 0.448 e. The molecule has 0 saturated heterocycles. The van der Waals surface area contributed by atoms with Crippen molar-refractivity contribution >= 4 is 0 Å². The van der Waals surface area contributed by atoms with Crippen LogP contribution < -0.4 is 0 Å². The fourth-order valence-electron chi connectivity index (χ4n) is 2.48. The molecule has 0 aliphatic heterocycles. The van der Waals surface area contributed by atoms with Gasteiger partial charge in [0.2, 0.25) is 5.95 Å². The highest BCUT2D eigenvalue weighted by Crippen LogP contribution is 2.22. The summed E-state index contributed by atoms with van der Waals surface area (Å²) in [6.45, 7) is 22.9. The molecule has 0 aliphatic carbocycles. The first kappa shape index (κ1) is 33.6. The summed E-state index contributed by atoms with van der Waals surface area (Å²) in [7, 11) is 0. The molecule has 3 aromatic heterocycles. The Kier molecular flexibility index (Phi) is 13.2. The summed E-state index contributed by atoms with van der Waals surface area (Å²) in [4.78, 5) is 11.9. The van der Waals surface area contributed by atoms with Gasteiger partial charge >= 0.3 is 0 Å². The van der Waals surface area contributed by atoms with E-state index in [0.717, 1.165) is 22.8 Å². The van der Waals surface area contributed by atoms with Gasteiger partial charge in [-0.15, -0.1) is 0 Å². The number of rotatable bonds is 0. The highest BCUT2D eigenvalue weighted by molar-refractivity contribution is 5.20. The predicted octanol–water partition coefficient (Wildman–Crippen LogP) is 8.76. The van der Waals surface area contributed by atoms with Crippen LogP contribution in [0.5, 0.6) is 0 Å². The molecular weight excluding hydrogens is 425 g/mol. The van der Waals surface area contributed by atoms with E-state index in [2.05, 4.69) is 68.6 Å². The molecule has 0 fully saturated rings. The average molecular weight is 474 g/mol. The summed E-state index contributed by atoms with van der Waals surface area (Å²) in [5.74, 6) is 0.405. The van der Waals surface area contributed by atoms with Crippen molar-refractivity contribution in [1.82, 2.24) is 15.0 Å². The van der Waals surface area contributed by atoms with Crippen LogP contribution in [0, 0.1) is 19.8 Å². The second-order valence-electron chi connectivity index (χ2n) is 11.1. The summed E-state index contributed by atoms with van der Waals surface area (Å²) in [5, 5.41) is 0. The topological polar surface area (TPSA) is 51.8 Å². The molecule has 4 nitrogen and oxygen atoms in total. The lowest BCUT2D eigenvalue weighted by atomic mass is 9.88. The molecule has 5 heteroatoms. The predicted molar refractivity (Wildman–Crippen MR) is 144 cm³/mol. The maximum absolute atomic E-state index is 12.6. The maximum Gasteiger partial charge on any atom is 0.213 e. The van der Waals surface area contributed by atoms with E-state index in [1.54, 1.807) is 6.26 Å². The Morgan fingerprint density at radius 2 is 1.26 bits per heavy atom. The Hall–Kier alpha value is -2.56. The van der Waals surface area contributed by atoms with E-state index in [1.165, 1.54) is 17.8 Å². The molecule has 0 spiro atoms. The van der Waals surface area contributed by atoms with Crippen molar-refractivity contribution in [2.75, 3.05) is 0 Å². The van der Waals surface area contributed by atoms with E-state index in [1.807, 2.05) is 46.9 Å². The number of hydrogen-bond donors (Lipinski definition) is 0. The molecule has 0 bridgehead atoms. The van der Waals surface area contributed by atoms with Gasteiger partial charge in [-0.1, -0.05) is 83.2 Å². The van der Waals surface area contributed by atoms with Crippen LogP contribution in [0.3, 0.4) is 0 Å². The Labute approximate surface area is 208 Å². The second kappa shape index (κ2) is 13.4. The van der Waals surface area contributed by atoms with Crippen LogP contribution in [-0.4, -0.2) is 15.0 Å². The molecular formula is C29H48FN3O. The third kappa shape index (κ3) is 12.1.